The van der Waals surface area contributed by atoms with Crippen molar-refractivity contribution < 1.29 is 4.79 Å². The molecule has 1 aromatic carbocycles. The predicted octanol–water partition coefficient (Wildman–Crippen LogP) is 2.20. The molecule has 2 rings (SSSR count). The van der Waals surface area contributed by atoms with Gasteiger partial charge in [-0.3, -0.25) is 9.89 Å². The Morgan fingerprint density at radius 2 is 2.22 bits per heavy atom. The second kappa shape index (κ2) is 5.35. The maximum absolute atomic E-state index is 12.0. The summed E-state index contributed by atoms with van der Waals surface area (Å²) < 4.78 is 0. The highest BCUT2D eigenvalue weighted by Crippen LogP contribution is 2.18. The average Bonchev–Trinajstić information content (AvgIpc) is 2.78. The number of H-pyrrole nitrogens is 1. The van der Waals surface area contributed by atoms with Gasteiger partial charge < -0.3 is 11.1 Å². The van der Waals surface area contributed by atoms with Crippen molar-refractivity contribution in [3.8, 4) is 0 Å². The number of carbonyl (C=O) groups is 1. The van der Waals surface area contributed by atoms with E-state index in [1.165, 1.54) is 6.20 Å². The molecule has 0 radical (unpaired) electrons. The van der Waals surface area contributed by atoms with Gasteiger partial charge in [0.05, 0.1) is 11.9 Å². The third kappa shape index (κ3) is 2.51. The second-order valence-corrected chi connectivity index (χ2v) is 4.06. The van der Waals surface area contributed by atoms with Crippen LogP contribution in [0.4, 0.5) is 11.4 Å². The van der Waals surface area contributed by atoms with Gasteiger partial charge in [0.15, 0.2) is 0 Å². The number of anilines is 2. The van der Waals surface area contributed by atoms with Gasteiger partial charge >= 0.3 is 0 Å². The number of rotatable bonds is 4. The van der Waals surface area contributed by atoms with Crippen LogP contribution in [0.1, 0.15) is 29.4 Å². The first kappa shape index (κ1) is 12.2. The van der Waals surface area contributed by atoms with Crippen LogP contribution in [-0.4, -0.2) is 16.1 Å². The number of benzene rings is 1. The minimum Gasteiger partial charge on any atom is -0.396 e. The Morgan fingerprint density at radius 3 is 2.89 bits per heavy atom. The van der Waals surface area contributed by atoms with Gasteiger partial charge in [0.2, 0.25) is 0 Å². The van der Waals surface area contributed by atoms with Gasteiger partial charge in [-0.25, -0.2) is 0 Å². The molecule has 0 saturated carbocycles. The number of aryl methyl sites for hydroxylation is 1. The molecule has 0 spiro atoms. The highest BCUT2D eigenvalue weighted by atomic mass is 16.2. The fraction of sp³-hybridized carbons (Fsp3) is 0.231. The summed E-state index contributed by atoms with van der Waals surface area (Å²) in [6.07, 6.45) is 3.38. The summed E-state index contributed by atoms with van der Waals surface area (Å²) in [5, 5.41) is 9.17. The summed E-state index contributed by atoms with van der Waals surface area (Å²) in [6, 6.07) is 7.75. The number of nitrogens with zero attached hydrogens (tertiary/aromatic N) is 1. The number of aromatic amines is 1. The van der Waals surface area contributed by atoms with E-state index >= 15 is 0 Å². The lowest BCUT2D eigenvalue weighted by Gasteiger charge is -2.09. The van der Waals surface area contributed by atoms with Crippen LogP contribution >= 0.6 is 0 Å². The Kier molecular flexibility index (Phi) is 3.62. The summed E-state index contributed by atoms with van der Waals surface area (Å²) in [5.41, 5.74) is 8.21. The number of amides is 1. The Bertz CT molecular complexity index is 547. The van der Waals surface area contributed by atoms with Crippen molar-refractivity contribution in [3.05, 3.63) is 41.7 Å². The molecule has 2 aromatic rings. The lowest BCUT2D eigenvalue weighted by Crippen LogP contribution is -2.15. The zero-order valence-electron chi connectivity index (χ0n) is 10.2. The van der Waals surface area contributed by atoms with Gasteiger partial charge in [0, 0.05) is 5.69 Å². The van der Waals surface area contributed by atoms with E-state index < -0.39 is 0 Å². The number of para-hydroxylation sites is 1. The zero-order chi connectivity index (χ0) is 13.0. The van der Waals surface area contributed by atoms with Crippen LogP contribution in [0.15, 0.2) is 30.5 Å². The lowest BCUT2D eigenvalue weighted by atomic mass is 10.1. The largest absolute Gasteiger partial charge is 0.396 e. The quantitative estimate of drug-likeness (QED) is 0.770. The topological polar surface area (TPSA) is 83.8 Å². The molecular formula is C13H16N4O. The highest BCUT2D eigenvalue weighted by Gasteiger charge is 2.13. The molecule has 5 heteroatoms. The van der Waals surface area contributed by atoms with Crippen LogP contribution in [0.3, 0.4) is 0 Å². The van der Waals surface area contributed by atoms with E-state index in [9.17, 15) is 4.79 Å². The van der Waals surface area contributed by atoms with E-state index in [0.29, 0.717) is 11.4 Å². The van der Waals surface area contributed by atoms with Crippen LogP contribution in [0.25, 0.3) is 0 Å². The summed E-state index contributed by atoms with van der Waals surface area (Å²) in [6.45, 7) is 2.10. The number of nitrogens with two attached hydrogens (primary N) is 1. The Morgan fingerprint density at radius 1 is 1.44 bits per heavy atom. The number of hydrogen-bond acceptors (Lipinski definition) is 3. The van der Waals surface area contributed by atoms with E-state index in [0.717, 1.165) is 24.1 Å². The first-order chi connectivity index (χ1) is 8.72. The third-order valence-electron chi connectivity index (χ3n) is 2.68. The van der Waals surface area contributed by atoms with E-state index in [4.69, 9.17) is 5.73 Å². The SMILES string of the molecule is CCCc1ccccc1NC(=O)c1[nH]ncc1N. The zero-order valence-corrected chi connectivity index (χ0v) is 10.2. The standard InChI is InChI=1S/C13H16N4O/c1-2-5-9-6-3-4-7-11(9)16-13(18)12-10(14)8-15-17-12/h3-4,6-8H,2,5,14H2,1H3,(H,15,17)(H,16,18). The molecule has 0 bridgehead atoms. The summed E-state index contributed by atoms with van der Waals surface area (Å²) in [5.74, 6) is -0.270. The molecular weight excluding hydrogens is 228 g/mol. The number of nitrogen functional groups attached to an aromatic ring is 1. The molecule has 0 aliphatic heterocycles. The van der Waals surface area contributed by atoms with E-state index in [1.54, 1.807) is 0 Å². The van der Waals surface area contributed by atoms with E-state index in [-0.39, 0.29) is 5.91 Å². The molecule has 1 heterocycles. The average molecular weight is 244 g/mol. The third-order valence-corrected chi connectivity index (χ3v) is 2.68. The molecule has 94 valence electrons. The van der Waals surface area contributed by atoms with Crippen molar-refractivity contribution in [2.75, 3.05) is 11.1 Å². The van der Waals surface area contributed by atoms with Crippen LogP contribution in [0.5, 0.6) is 0 Å². The highest BCUT2D eigenvalue weighted by molar-refractivity contribution is 6.06. The summed E-state index contributed by atoms with van der Waals surface area (Å²) in [7, 11) is 0. The second-order valence-electron chi connectivity index (χ2n) is 4.06. The molecule has 4 N–H and O–H groups in total. The van der Waals surface area contributed by atoms with Crippen molar-refractivity contribution in [2.24, 2.45) is 0 Å². The van der Waals surface area contributed by atoms with Crippen molar-refractivity contribution in [1.82, 2.24) is 10.2 Å². The van der Waals surface area contributed by atoms with Crippen LogP contribution in [0.2, 0.25) is 0 Å². The molecule has 1 amide bonds. The number of hydrogen-bond donors (Lipinski definition) is 3. The van der Waals surface area contributed by atoms with Gasteiger partial charge in [0.1, 0.15) is 5.69 Å². The van der Waals surface area contributed by atoms with Gasteiger partial charge in [-0.05, 0) is 18.1 Å². The van der Waals surface area contributed by atoms with Crippen LogP contribution in [0, 0.1) is 0 Å². The fourth-order valence-corrected chi connectivity index (χ4v) is 1.79. The van der Waals surface area contributed by atoms with Crippen molar-refractivity contribution >= 4 is 17.3 Å². The molecule has 5 nitrogen and oxygen atoms in total. The smallest absolute Gasteiger partial charge is 0.275 e. The molecule has 0 atom stereocenters. The van der Waals surface area contributed by atoms with Gasteiger partial charge in [-0.15, -0.1) is 0 Å². The van der Waals surface area contributed by atoms with Crippen LogP contribution < -0.4 is 11.1 Å². The minimum atomic E-state index is -0.270. The maximum Gasteiger partial charge on any atom is 0.275 e. The maximum atomic E-state index is 12.0. The summed E-state index contributed by atoms with van der Waals surface area (Å²) in [4.78, 5) is 12.0. The van der Waals surface area contributed by atoms with Gasteiger partial charge in [0.25, 0.3) is 5.91 Å². The molecule has 0 aliphatic rings. The molecule has 0 aliphatic carbocycles. The monoisotopic (exact) mass is 244 g/mol. The molecule has 18 heavy (non-hydrogen) atoms. The minimum absolute atomic E-state index is 0.270. The van der Waals surface area contributed by atoms with Crippen molar-refractivity contribution in [3.63, 3.8) is 0 Å². The first-order valence-electron chi connectivity index (χ1n) is 5.90. The predicted molar refractivity (Wildman–Crippen MR) is 71.4 cm³/mol. The molecule has 0 unspecified atom stereocenters. The molecule has 0 saturated heterocycles. The Labute approximate surface area is 105 Å². The first-order valence-corrected chi connectivity index (χ1v) is 5.90. The van der Waals surface area contributed by atoms with Crippen LogP contribution in [-0.2, 0) is 6.42 Å². The lowest BCUT2D eigenvalue weighted by molar-refractivity contribution is 0.102. The molecule has 1 aromatic heterocycles. The van der Waals surface area contributed by atoms with Crippen molar-refractivity contribution in [1.29, 1.82) is 0 Å². The fourth-order valence-electron chi connectivity index (χ4n) is 1.79. The summed E-state index contributed by atoms with van der Waals surface area (Å²) >= 11 is 0. The number of aromatic nitrogens is 2. The Hall–Kier alpha value is -2.30. The van der Waals surface area contributed by atoms with E-state index in [2.05, 4.69) is 22.4 Å². The van der Waals surface area contributed by atoms with Gasteiger partial charge in [-0.2, -0.15) is 5.10 Å². The molecule has 0 fully saturated rings. The van der Waals surface area contributed by atoms with E-state index in [1.807, 2.05) is 24.3 Å². The number of nitrogens with one attached hydrogen (secondary N) is 2. The van der Waals surface area contributed by atoms with Gasteiger partial charge in [-0.1, -0.05) is 31.5 Å². The van der Waals surface area contributed by atoms with Crippen molar-refractivity contribution in [2.45, 2.75) is 19.8 Å². The Balaban J connectivity index is 2.19. The number of carbonyl (C=O) groups excluding carboxylic acids is 1. The normalized spacial score (nSPS) is 10.3.